The van der Waals surface area contributed by atoms with Crippen LogP contribution < -0.4 is 4.74 Å². The van der Waals surface area contributed by atoms with Gasteiger partial charge in [-0.3, -0.25) is 0 Å². The van der Waals surface area contributed by atoms with Gasteiger partial charge in [-0.25, -0.2) is 4.98 Å². The highest BCUT2D eigenvalue weighted by Gasteiger charge is 2.00. The van der Waals surface area contributed by atoms with E-state index in [1.54, 1.807) is 13.3 Å². The third kappa shape index (κ3) is 3.44. The minimum absolute atomic E-state index is 0.790. The van der Waals surface area contributed by atoms with Gasteiger partial charge in [-0.05, 0) is 29.7 Å². The molecule has 0 N–H and O–H groups in total. The molecule has 0 aliphatic rings. The van der Waals surface area contributed by atoms with Crippen LogP contribution in [-0.4, -0.2) is 12.1 Å². The maximum Gasteiger partial charge on any atom is 0.181 e. The van der Waals surface area contributed by atoms with Gasteiger partial charge >= 0.3 is 0 Å². The minimum atomic E-state index is 0.790. The van der Waals surface area contributed by atoms with Gasteiger partial charge in [0.05, 0.1) is 13.3 Å². The van der Waals surface area contributed by atoms with Crippen LogP contribution in [0.15, 0.2) is 71.6 Å². The zero-order chi connectivity index (χ0) is 15.2. The topological polar surface area (TPSA) is 35.3 Å². The Balaban J connectivity index is 1.64. The van der Waals surface area contributed by atoms with Crippen LogP contribution in [0.5, 0.6) is 5.75 Å². The van der Waals surface area contributed by atoms with Crippen LogP contribution in [-0.2, 0) is 6.42 Å². The molecule has 110 valence electrons. The molecule has 0 bridgehead atoms. The fraction of sp³-hybridized carbons (Fsp3) is 0.105. The molecule has 3 aromatic rings. The Morgan fingerprint density at radius 3 is 2.73 bits per heavy atom. The molecule has 0 atom stereocenters. The molecule has 3 rings (SSSR count). The molecular formula is C19H17NO2. The summed E-state index contributed by atoms with van der Waals surface area (Å²) in [5.74, 6) is 1.66. The average molecular weight is 291 g/mol. The van der Waals surface area contributed by atoms with Crippen LogP contribution >= 0.6 is 0 Å². The summed E-state index contributed by atoms with van der Waals surface area (Å²) < 4.78 is 10.5. The second kappa shape index (κ2) is 6.76. The highest BCUT2D eigenvalue weighted by molar-refractivity contribution is 5.57. The van der Waals surface area contributed by atoms with Crippen LogP contribution in [0.3, 0.4) is 0 Å². The van der Waals surface area contributed by atoms with E-state index >= 15 is 0 Å². The van der Waals surface area contributed by atoms with Crippen molar-refractivity contribution in [1.82, 2.24) is 4.98 Å². The van der Waals surface area contributed by atoms with Crippen molar-refractivity contribution in [3.63, 3.8) is 0 Å². The lowest BCUT2D eigenvalue weighted by atomic mass is 10.1. The van der Waals surface area contributed by atoms with Gasteiger partial charge in [0.25, 0.3) is 0 Å². The number of hydrogen-bond donors (Lipinski definition) is 0. The van der Waals surface area contributed by atoms with Crippen LogP contribution in [0.2, 0.25) is 0 Å². The first-order chi connectivity index (χ1) is 10.8. The van der Waals surface area contributed by atoms with E-state index in [4.69, 9.17) is 9.15 Å². The van der Waals surface area contributed by atoms with E-state index in [0.717, 1.165) is 29.1 Å². The SMILES string of the molecule is COc1cccc(/C=C/Cc2ccc(-c3cnco3)cc2)c1. The van der Waals surface area contributed by atoms with Crippen molar-refractivity contribution >= 4 is 6.08 Å². The smallest absolute Gasteiger partial charge is 0.181 e. The molecule has 0 spiro atoms. The second-order valence-corrected chi connectivity index (χ2v) is 4.95. The van der Waals surface area contributed by atoms with Crippen molar-refractivity contribution in [3.05, 3.63) is 78.3 Å². The predicted octanol–water partition coefficient (Wildman–Crippen LogP) is 4.61. The number of methoxy groups -OCH3 is 1. The Morgan fingerprint density at radius 2 is 2.00 bits per heavy atom. The molecule has 1 aromatic heterocycles. The van der Waals surface area contributed by atoms with Crippen LogP contribution in [0.4, 0.5) is 0 Å². The molecule has 2 aromatic carbocycles. The van der Waals surface area contributed by atoms with Crippen LogP contribution in [0, 0.1) is 0 Å². The van der Waals surface area contributed by atoms with Crippen molar-refractivity contribution in [1.29, 1.82) is 0 Å². The molecule has 3 nitrogen and oxygen atoms in total. The Labute approximate surface area is 129 Å². The zero-order valence-corrected chi connectivity index (χ0v) is 12.4. The summed E-state index contributed by atoms with van der Waals surface area (Å²) in [6.45, 7) is 0. The first kappa shape index (κ1) is 14.1. The fourth-order valence-electron chi connectivity index (χ4n) is 2.24. The Morgan fingerprint density at radius 1 is 1.14 bits per heavy atom. The van der Waals surface area contributed by atoms with E-state index in [0.29, 0.717) is 0 Å². The van der Waals surface area contributed by atoms with E-state index in [9.17, 15) is 0 Å². The molecule has 0 fully saturated rings. The summed E-state index contributed by atoms with van der Waals surface area (Å²) in [7, 11) is 1.68. The quantitative estimate of drug-likeness (QED) is 0.688. The van der Waals surface area contributed by atoms with Crippen molar-refractivity contribution in [3.8, 4) is 17.1 Å². The molecule has 0 aliphatic heterocycles. The average Bonchev–Trinajstić information content (AvgIpc) is 3.10. The number of nitrogens with zero attached hydrogens (tertiary/aromatic N) is 1. The summed E-state index contributed by atoms with van der Waals surface area (Å²) >= 11 is 0. The highest BCUT2D eigenvalue weighted by Crippen LogP contribution is 2.19. The lowest BCUT2D eigenvalue weighted by Gasteiger charge is -2.01. The van der Waals surface area contributed by atoms with Crippen molar-refractivity contribution in [2.75, 3.05) is 7.11 Å². The van der Waals surface area contributed by atoms with Crippen LogP contribution in [0.25, 0.3) is 17.4 Å². The first-order valence-electron chi connectivity index (χ1n) is 7.13. The third-order valence-electron chi connectivity index (χ3n) is 3.43. The molecule has 0 saturated carbocycles. The van der Waals surface area contributed by atoms with Gasteiger partial charge < -0.3 is 9.15 Å². The van der Waals surface area contributed by atoms with Gasteiger partial charge in [0.15, 0.2) is 12.2 Å². The molecule has 0 radical (unpaired) electrons. The summed E-state index contributed by atoms with van der Waals surface area (Å²) in [6.07, 6.45) is 8.30. The number of rotatable bonds is 5. The van der Waals surface area contributed by atoms with E-state index < -0.39 is 0 Å². The molecule has 0 unspecified atom stereocenters. The molecular weight excluding hydrogens is 274 g/mol. The summed E-state index contributed by atoms with van der Waals surface area (Å²) in [5.41, 5.74) is 3.43. The lowest BCUT2D eigenvalue weighted by Crippen LogP contribution is -1.83. The van der Waals surface area contributed by atoms with Gasteiger partial charge in [0, 0.05) is 5.56 Å². The monoisotopic (exact) mass is 291 g/mol. The van der Waals surface area contributed by atoms with Crippen molar-refractivity contribution < 1.29 is 9.15 Å². The van der Waals surface area contributed by atoms with E-state index in [1.807, 2.05) is 18.2 Å². The standard InChI is InChI=1S/C19H17NO2/c1-21-18-7-3-6-16(12-18)5-2-4-15-8-10-17(11-9-15)19-13-20-14-22-19/h2-3,5-14H,4H2,1H3/b5-2+. The van der Waals surface area contributed by atoms with E-state index in [2.05, 4.69) is 47.5 Å². The van der Waals surface area contributed by atoms with Crippen molar-refractivity contribution in [2.45, 2.75) is 6.42 Å². The summed E-state index contributed by atoms with van der Waals surface area (Å²) in [4.78, 5) is 3.93. The number of oxazole rings is 1. The lowest BCUT2D eigenvalue weighted by molar-refractivity contribution is 0.414. The maximum atomic E-state index is 5.28. The molecule has 1 heterocycles. The number of hydrogen-bond acceptors (Lipinski definition) is 3. The van der Waals surface area contributed by atoms with Gasteiger partial charge in [0.1, 0.15) is 5.75 Å². The highest BCUT2D eigenvalue weighted by atomic mass is 16.5. The number of ether oxygens (including phenoxy) is 1. The fourth-order valence-corrected chi connectivity index (χ4v) is 2.24. The van der Waals surface area contributed by atoms with Crippen LogP contribution in [0.1, 0.15) is 11.1 Å². The minimum Gasteiger partial charge on any atom is -0.497 e. The Bertz CT molecular complexity index is 743. The number of allylic oxidation sites excluding steroid dienone is 1. The Hall–Kier alpha value is -2.81. The van der Waals surface area contributed by atoms with E-state index in [1.165, 1.54) is 12.0 Å². The molecule has 0 aliphatic carbocycles. The summed E-state index contributed by atoms with van der Waals surface area (Å²) in [5, 5.41) is 0. The third-order valence-corrected chi connectivity index (χ3v) is 3.43. The molecule has 0 amide bonds. The first-order valence-corrected chi connectivity index (χ1v) is 7.13. The number of aromatic nitrogens is 1. The second-order valence-electron chi connectivity index (χ2n) is 4.95. The predicted molar refractivity (Wildman–Crippen MR) is 87.7 cm³/mol. The van der Waals surface area contributed by atoms with E-state index in [-0.39, 0.29) is 0 Å². The maximum absolute atomic E-state index is 5.28. The largest absolute Gasteiger partial charge is 0.497 e. The van der Waals surface area contributed by atoms with Crippen molar-refractivity contribution in [2.24, 2.45) is 0 Å². The zero-order valence-electron chi connectivity index (χ0n) is 12.4. The van der Waals surface area contributed by atoms with Gasteiger partial charge in [-0.2, -0.15) is 0 Å². The number of benzene rings is 2. The van der Waals surface area contributed by atoms with Gasteiger partial charge in [0.2, 0.25) is 0 Å². The molecule has 22 heavy (non-hydrogen) atoms. The van der Waals surface area contributed by atoms with Gasteiger partial charge in [-0.1, -0.05) is 48.6 Å². The Kier molecular flexibility index (Phi) is 4.35. The molecule has 0 saturated heterocycles. The van der Waals surface area contributed by atoms with Gasteiger partial charge in [-0.15, -0.1) is 0 Å². The summed E-state index contributed by atoms with van der Waals surface area (Å²) in [6, 6.07) is 16.3. The molecule has 3 heteroatoms. The normalized spacial score (nSPS) is 11.0.